The first-order valence-corrected chi connectivity index (χ1v) is 10.8. The van der Waals surface area contributed by atoms with E-state index in [4.69, 9.17) is 4.74 Å². The van der Waals surface area contributed by atoms with Gasteiger partial charge in [-0.3, -0.25) is 0 Å². The van der Waals surface area contributed by atoms with Gasteiger partial charge in [0.2, 0.25) is 0 Å². The van der Waals surface area contributed by atoms with E-state index in [1.165, 1.54) is 0 Å². The van der Waals surface area contributed by atoms with Crippen molar-refractivity contribution in [2.45, 2.75) is 26.4 Å². The lowest BCUT2D eigenvalue weighted by molar-refractivity contribution is 0.280. The third kappa shape index (κ3) is 4.05. The fourth-order valence-corrected chi connectivity index (χ4v) is 4.29. The number of benzene rings is 4. The Bertz CT molecular complexity index is 1270. The lowest BCUT2D eigenvalue weighted by atomic mass is 9.80. The lowest BCUT2D eigenvalue weighted by Gasteiger charge is -2.29. The van der Waals surface area contributed by atoms with Crippen LogP contribution in [0.4, 0.5) is 4.39 Å². The van der Waals surface area contributed by atoms with Gasteiger partial charge in [-0.25, -0.2) is 4.39 Å². The number of halogens is 1. The summed E-state index contributed by atoms with van der Waals surface area (Å²) in [6.07, 6.45) is 0. The van der Waals surface area contributed by atoms with Gasteiger partial charge < -0.3 is 14.9 Å². The first-order valence-electron chi connectivity index (χ1n) is 10.8. The van der Waals surface area contributed by atoms with Gasteiger partial charge >= 0.3 is 0 Å². The van der Waals surface area contributed by atoms with Crippen LogP contribution in [-0.2, 0) is 5.67 Å². The minimum Gasteiger partial charge on any atom is -0.508 e. The third-order valence-electron chi connectivity index (χ3n) is 6.16. The maximum Gasteiger partial charge on any atom is 0.186 e. The third-order valence-corrected chi connectivity index (χ3v) is 6.16. The van der Waals surface area contributed by atoms with Crippen molar-refractivity contribution < 1.29 is 19.3 Å². The molecule has 0 spiro atoms. The van der Waals surface area contributed by atoms with E-state index in [-0.39, 0.29) is 11.5 Å². The van der Waals surface area contributed by atoms with Crippen LogP contribution in [0.1, 0.15) is 33.4 Å². The highest BCUT2D eigenvalue weighted by Gasteiger charge is 2.37. The number of phenolic OH excluding ortho intramolecular Hbond substituents is 2. The number of aromatic hydroxyl groups is 2. The van der Waals surface area contributed by atoms with Crippen molar-refractivity contribution in [1.82, 2.24) is 0 Å². The number of aryl methyl sites for hydroxylation is 3. The van der Waals surface area contributed by atoms with Gasteiger partial charge in [-0.2, -0.15) is 0 Å². The highest BCUT2D eigenvalue weighted by Crippen LogP contribution is 2.44. The zero-order valence-electron chi connectivity index (χ0n) is 19.2. The summed E-state index contributed by atoms with van der Waals surface area (Å²) in [5.41, 5.74) is 3.43. The summed E-state index contributed by atoms with van der Waals surface area (Å²) in [6, 6.07) is 23.0. The second-order valence-electron chi connectivity index (χ2n) is 8.43. The first-order chi connectivity index (χ1) is 15.7. The van der Waals surface area contributed by atoms with E-state index in [0.29, 0.717) is 33.6 Å². The van der Waals surface area contributed by atoms with Crippen molar-refractivity contribution in [2.24, 2.45) is 0 Å². The number of rotatable bonds is 5. The molecular formula is C29H27FO3. The number of ether oxygens (including phenoxy) is 1. The van der Waals surface area contributed by atoms with Crippen LogP contribution in [-0.4, -0.2) is 17.3 Å². The standard InChI is InChI=1S/C29H27FO3/c1-18-15-24(11-14-27(18)33-4)29(30,25-16-19(2)28(32)20(3)17-25)23-9-5-21(6-10-23)22-7-12-26(31)13-8-22/h5-17,31-32H,1-4H3. The molecule has 0 amide bonds. The fourth-order valence-electron chi connectivity index (χ4n) is 4.29. The van der Waals surface area contributed by atoms with E-state index in [1.807, 2.05) is 37.3 Å². The molecule has 3 nitrogen and oxygen atoms in total. The van der Waals surface area contributed by atoms with E-state index < -0.39 is 5.67 Å². The molecular weight excluding hydrogens is 415 g/mol. The molecule has 0 aromatic heterocycles. The molecule has 4 heteroatoms. The predicted octanol–water partition coefficient (Wildman–Crippen LogP) is 6.96. The summed E-state index contributed by atoms with van der Waals surface area (Å²) in [5, 5.41) is 19.8. The zero-order valence-corrected chi connectivity index (χ0v) is 19.2. The average molecular weight is 443 g/mol. The smallest absolute Gasteiger partial charge is 0.186 e. The van der Waals surface area contributed by atoms with Gasteiger partial charge in [0.15, 0.2) is 5.67 Å². The molecule has 4 rings (SSSR count). The highest BCUT2D eigenvalue weighted by molar-refractivity contribution is 5.65. The molecule has 0 fully saturated rings. The molecule has 0 saturated heterocycles. The Labute approximate surface area is 193 Å². The molecule has 0 aliphatic rings. The van der Waals surface area contributed by atoms with Crippen LogP contribution in [0.2, 0.25) is 0 Å². The fraction of sp³-hybridized carbons (Fsp3) is 0.172. The van der Waals surface area contributed by atoms with Gasteiger partial charge in [-0.15, -0.1) is 0 Å². The zero-order chi connectivity index (χ0) is 23.8. The number of hydrogen-bond donors (Lipinski definition) is 2. The second-order valence-corrected chi connectivity index (χ2v) is 8.43. The van der Waals surface area contributed by atoms with Crippen LogP contribution in [0.5, 0.6) is 17.2 Å². The molecule has 0 heterocycles. The van der Waals surface area contributed by atoms with Gasteiger partial charge in [0, 0.05) is 0 Å². The molecule has 0 radical (unpaired) electrons. The molecule has 1 unspecified atom stereocenters. The Hall–Kier alpha value is -3.79. The maximum atomic E-state index is 17.3. The van der Waals surface area contributed by atoms with Crippen molar-refractivity contribution in [1.29, 1.82) is 0 Å². The number of alkyl halides is 1. The topological polar surface area (TPSA) is 49.7 Å². The summed E-state index contributed by atoms with van der Waals surface area (Å²) in [7, 11) is 1.60. The molecule has 2 N–H and O–H groups in total. The van der Waals surface area contributed by atoms with E-state index in [9.17, 15) is 10.2 Å². The Morgan fingerprint density at radius 3 is 1.64 bits per heavy atom. The van der Waals surface area contributed by atoms with Gasteiger partial charge in [-0.1, -0.05) is 42.5 Å². The number of phenols is 2. The number of methoxy groups -OCH3 is 1. The normalized spacial score (nSPS) is 12.9. The summed E-state index contributed by atoms with van der Waals surface area (Å²) in [5.74, 6) is 1.07. The van der Waals surface area contributed by atoms with Crippen molar-refractivity contribution in [3.05, 3.63) is 112 Å². The van der Waals surface area contributed by atoms with Crippen LogP contribution in [0.15, 0.2) is 78.9 Å². The van der Waals surface area contributed by atoms with E-state index >= 15 is 4.39 Å². The van der Waals surface area contributed by atoms with E-state index in [2.05, 4.69) is 0 Å². The summed E-state index contributed by atoms with van der Waals surface area (Å²) < 4.78 is 22.7. The van der Waals surface area contributed by atoms with Crippen molar-refractivity contribution >= 4 is 0 Å². The Morgan fingerprint density at radius 1 is 0.636 bits per heavy atom. The van der Waals surface area contributed by atoms with E-state index in [0.717, 1.165) is 16.7 Å². The molecule has 0 aliphatic carbocycles. The minimum atomic E-state index is -1.94. The summed E-state index contributed by atoms with van der Waals surface area (Å²) >= 11 is 0. The summed E-state index contributed by atoms with van der Waals surface area (Å²) in [6.45, 7) is 5.45. The molecule has 0 bridgehead atoms. The van der Waals surface area contributed by atoms with Gasteiger partial charge in [-0.05, 0) is 102 Å². The molecule has 4 aromatic rings. The van der Waals surface area contributed by atoms with Gasteiger partial charge in [0.1, 0.15) is 17.2 Å². The van der Waals surface area contributed by atoms with Crippen LogP contribution >= 0.6 is 0 Å². The highest BCUT2D eigenvalue weighted by atomic mass is 19.1. The average Bonchev–Trinajstić information content (AvgIpc) is 2.82. The summed E-state index contributed by atoms with van der Waals surface area (Å²) in [4.78, 5) is 0. The monoisotopic (exact) mass is 442 g/mol. The second kappa shape index (κ2) is 8.62. The van der Waals surface area contributed by atoms with Crippen LogP contribution < -0.4 is 4.74 Å². The van der Waals surface area contributed by atoms with Crippen LogP contribution in [0.25, 0.3) is 11.1 Å². The van der Waals surface area contributed by atoms with Crippen molar-refractivity contribution in [3.63, 3.8) is 0 Å². The molecule has 0 aliphatic heterocycles. The number of hydrogen-bond acceptors (Lipinski definition) is 3. The van der Waals surface area contributed by atoms with E-state index in [1.54, 1.807) is 69.5 Å². The molecule has 33 heavy (non-hydrogen) atoms. The minimum absolute atomic E-state index is 0.176. The Balaban J connectivity index is 1.89. The largest absolute Gasteiger partial charge is 0.508 e. The molecule has 0 saturated carbocycles. The Morgan fingerprint density at radius 2 is 1.12 bits per heavy atom. The lowest BCUT2D eigenvalue weighted by Crippen LogP contribution is -2.24. The van der Waals surface area contributed by atoms with Gasteiger partial charge in [0.05, 0.1) is 7.11 Å². The van der Waals surface area contributed by atoms with Crippen molar-refractivity contribution in [2.75, 3.05) is 7.11 Å². The quantitative estimate of drug-likeness (QED) is 0.329. The predicted molar refractivity (Wildman–Crippen MR) is 130 cm³/mol. The first kappa shape index (κ1) is 22.4. The van der Waals surface area contributed by atoms with Crippen molar-refractivity contribution in [3.8, 4) is 28.4 Å². The Kier molecular flexibility index (Phi) is 5.86. The van der Waals surface area contributed by atoms with Crippen LogP contribution in [0.3, 0.4) is 0 Å². The van der Waals surface area contributed by atoms with Crippen LogP contribution in [0, 0.1) is 20.8 Å². The maximum absolute atomic E-state index is 17.3. The molecule has 1 atom stereocenters. The van der Waals surface area contributed by atoms with Gasteiger partial charge in [0.25, 0.3) is 0 Å². The molecule has 168 valence electrons. The molecule has 4 aromatic carbocycles. The SMILES string of the molecule is COc1ccc(C(F)(c2ccc(-c3ccc(O)cc3)cc2)c2cc(C)c(O)c(C)c2)cc1C.